The van der Waals surface area contributed by atoms with Crippen molar-refractivity contribution in [3.8, 4) is 0 Å². The van der Waals surface area contributed by atoms with Crippen LogP contribution in [0.25, 0.3) is 0 Å². The molecule has 0 aromatic carbocycles. The van der Waals surface area contributed by atoms with Crippen LogP contribution in [0.2, 0.25) is 0 Å². The van der Waals surface area contributed by atoms with Crippen molar-refractivity contribution < 1.29 is 14.9 Å². The van der Waals surface area contributed by atoms with E-state index in [0.29, 0.717) is 0 Å². The van der Waals surface area contributed by atoms with E-state index in [1.807, 2.05) is 20.8 Å². The zero-order valence-electron chi connectivity index (χ0n) is 11.8. The molecule has 1 aromatic heterocycles. The minimum Gasteiger partial charge on any atom is -0.394 e. The number of hydrogen-bond acceptors (Lipinski definition) is 7. The minimum atomic E-state index is -0.802. The first-order valence-corrected chi connectivity index (χ1v) is 6.48. The second-order valence-corrected chi connectivity index (χ2v) is 5.86. The average Bonchev–Trinajstić information content (AvgIpc) is 2.68. The van der Waals surface area contributed by atoms with E-state index in [0.717, 1.165) is 0 Å². The number of rotatable bonds is 3. The molecule has 1 aliphatic rings. The van der Waals surface area contributed by atoms with Crippen LogP contribution >= 0.6 is 0 Å². The van der Waals surface area contributed by atoms with Crippen molar-refractivity contribution in [2.75, 3.05) is 11.9 Å². The van der Waals surface area contributed by atoms with Crippen LogP contribution in [0, 0.1) is 0 Å². The van der Waals surface area contributed by atoms with Gasteiger partial charge in [-0.05, 0) is 20.8 Å². The van der Waals surface area contributed by atoms with E-state index >= 15 is 0 Å². The summed E-state index contributed by atoms with van der Waals surface area (Å²) in [6, 6.07) is 0. The van der Waals surface area contributed by atoms with Gasteiger partial charge in [-0.3, -0.25) is 4.57 Å². The quantitative estimate of drug-likeness (QED) is 0.685. The lowest BCUT2D eigenvalue weighted by molar-refractivity contribution is -0.0462. The Bertz CT molecular complexity index is 525. The molecule has 1 fully saturated rings. The van der Waals surface area contributed by atoms with Gasteiger partial charge in [0.15, 0.2) is 0 Å². The Labute approximate surface area is 116 Å². The number of aliphatic hydroxyl groups excluding tert-OH is 2. The van der Waals surface area contributed by atoms with Crippen molar-refractivity contribution in [3.63, 3.8) is 0 Å². The normalized spacial score (nSPS) is 26.8. The van der Waals surface area contributed by atoms with E-state index in [4.69, 9.17) is 9.84 Å². The lowest BCUT2D eigenvalue weighted by atomic mass is 10.1. The third kappa shape index (κ3) is 3.33. The maximum Gasteiger partial charge on any atom is 0.354 e. The molecule has 0 bridgehead atoms. The van der Waals surface area contributed by atoms with Crippen molar-refractivity contribution in [2.45, 2.75) is 51.2 Å². The van der Waals surface area contributed by atoms with Gasteiger partial charge in [0, 0.05) is 12.0 Å². The fraction of sp³-hybridized carbons (Fsp3) is 0.750. The molecule has 0 amide bonds. The molecule has 1 aliphatic heterocycles. The van der Waals surface area contributed by atoms with Gasteiger partial charge in [-0.15, -0.1) is 0 Å². The van der Waals surface area contributed by atoms with E-state index in [9.17, 15) is 9.90 Å². The summed E-state index contributed by atoms with van der Waals surface area (Å²) < 4.78 is 6.61. The highest BCUT2D eigenvalue weighted by atomic mass is 16.5. The van der Waals surface area contributed by atoms with Gasteiger partial charge in [-0.25, -0.2) is 9.78 Å². The van der Waals surface area contributed by atoms with E-state index in [2.05, 4.69) is 15.3 Å². The van der Waals surface area contributed by atoms with Gasteiger partial charge < -0.3 is 20.3 Å². The Morgan fingerprint density at radius 3 is 2.75 bits per heavy atom. The SMILES string of the molecule is CC(C)(C)Nc1ncn([C@H]2C[C@H](O)[C@@H](CO)O2)c(=O)n1. The highest BCUT2D eigenvalue weighted by Crippen LogP contribution is 2.27. The summed E-state index contributed by atoms with van der Waals surface area (Å²) in [5.41, 5.74) is -0.761. The fourth-order valence-electron chi connectivity index (χ4n) is 1.99. The Kier molecular flexibility index (Phi) is 4.07. The van der Waals surface area contributed by atoms with Gasteiger partial charge in [0.1, 0.15) is 18.7 Å². The maximum atomic E-state index is 12.0. The van der Waals surface area contributed by atoms with Crippen molar-refractivity contribution in [2.24, 2.45) is 0 Å². The summed E-state index contributed by atoms with van der Waals surface area (Å²) in [5.74, 6) is 0.246. The monoisotopic (exact) mass is 284 g/mol. The van der Waals surface area contributed by atoms with Crippen molar-refractivity contribution in [1.29, 1.82) is 0 Å². The van der Waals surface area contributed by atoms with Crippen LogP contribution in [0.1, 0.15) is 33.4 Å². The smallest absolute Gasteiger partial charge is 0.354 e. The van der Waals surface area contributed by atoms with Crippen LogP contribution in [-0.2, 0) is 4.74 Å². The summed E-state index contributed by atoms with van der Waals surface area (Å²) >= 11 is 0. The molecule has 1 saturated heterocycles. The van der Waals surface area contributed by atoms with Gasteiger partial charge in [-0.1, -0.05) is 0 Å². The minimum absolute atomic E-state index is 0.223. The third-order valence-corrected chi connectivity index (χ3v) is 2.91. The summed E-state index contributed by atoms with van der Waals surface area (Å²) in [7, 11) is 0. The van der Waals surface area contributed by atoms with Gasteiger partial charge in [0.05, 0.1) is 12.7 Å². The average molecular weight is 284 g/mol. The molecule has 0 radical (unpaired) electrons. The van der Waals surface area contributed by atoms with E-state index < -0.39 is 24.1 Å². The number of ether oxygens (including phenoxy) is 1. The number of nitrogens with one attached hydrogen (secondary N) is 1. The largest absolute Gasteiger partial charge is 0.394 e. The molecular weight excluding hydrogens is 264 g/mol. The third-order valence-electron chi connectivity index (χ3n) is 2.91. The highest BCUT2D eigenvalue weighted by molar-refractivity contribution is 5.25. The summed E-state index contributed by atoms with van der Waals surface area (Å²) in [6.45, 7) is 5.51. The van der Waals surface area contributed by atoms with Crippen LogP contribution in [0.4, 0.5) is 5.95 Å². The molecule has 2 heterocycles. The molecule has 8 nitrogen and oxygen atoms in total. The molecule has 1 aromatic rings. The molecule has 0 aliphatic carbocycles. The molecule has 0 unspecified atom stereocenters. The Balaban J connectivity index is 2.17. The molecule has 112 valence electrons. The van der Waals surface area contributed by atoms with Crippen molar-refractivity contribution >= 4 is 5.95 Å². The number of anilines is 1. The van der Waals surface area contributed by atoms with Crippen molar-refractivity contribution in [3.05, 3.63) is 16.8 Å². The second kappa shape index (κ2) is 5.47. The molecular formula is C12H20N4O4. The Hall–Kier alpha value is -1.51. The topological polar surface area (TPSA) is 110 Å². The first kappa shape index (κ1) is 14.9. The Morgan fingerprint density at radius 1 is 1.55 bits per heavy atom. The molecule has 0 saturated carbocycles. The predicted molar refractivity (Wildman–Crippen MR) is 71.3 cm³/mol. The zero-order valence-corrected chi connectivity index (χ0v) is 11.8. The summed E-state index contributed by atoms with van der Waals surface area (Å²) in [6.07, 6.45) is -0.581. The number of hydrogen-bond donors (Lipinski definition) is 3. The maximum absolute atomic E-state index is 12.0. The molecule has 0 spiro atoms. The van der Waals surface area contributed by atoms with E-state index in [-0.39, 0.29) is 24.5 Å². The van der Waals surface area contributed by atoms with Crippen LogP contribution < -0.4 is 11.0 Å². The van der Waals surface area contributed by atoms with Crippen LogP contribution in [-0.4, -0.2) is 49.1 Å². The number of aliphatic hydroxyl groups is 2. The predicted octanol–water partition coefficient (Wildman–Crippen LogP) is -0.511. The molecule has 20 heavy (non-hydrogen) atoms. The zero-order chi connectivity index (χ0) is 14.9. The van der Waals surface area contributed by atoms with Gasteiger partial charge in [0.25, 0.3) is 0 Å². The van der Waals surface area contributed by atoms with E-state index in [1.165, 1.54) is 10.9 Å². The number of nitrogens with zero attached hydrogens (tertiary/aromatic N) is 3. The van der Waals surface area contributed by atoms with Gasteiger partial charge >= 0.3 is 5.69 Å². The lowest BCUT2D eigenvalue weighted by Gasteiger charge is -2.20. The Morgan fingerprint density at radius 2 is 2.25 bits per heavy atom. The van der Waals surface area contributed by atoms with Crippen LogP contribution in [0.5, 0.6) is 0 Å². The number of aromatic nitrogens is 3. The molecule has 3 atom stereocenters. The first-order valence-electron chi connectivity index (χ1n) is 6.48. The highest BCUT2D eigenvalue weighted by Gasteiger charge is 2.35. The van der Waals surface area contributed by atoms with Crippen LogP contribution in [0.3, 0.4) is 0 Å². The van der Waals surface area contributed by atoms with E-state index in [1.54, 1.807) is 0 Å². The van der Waals surface area contributed by atoms with Gasteiger partial charge in [0.2, 0.25) is 5.95 Å². The molecule has 2 rings (SSSR count). The van der Waals surface area contributed by atoms with Crippen molar-refractivity contribution in [1.82, 2.24) is 14.5 Å². The molecule has 8 heteroatoms. The summed E-state index contributed by atoms with van der Waals surface area (Å²) in [5, 5.41) is 21.7. The first-order chi connectivity index (χ1) is 9.30. The molecule has 3 N–H and O–H groups in total. The second-order valence-electron chi connectivity index (χ2n) is 5.86. The lowest BCUT2D eigenvalue weighted by Crippen LogP contribution is -2.33. The van der Waals surface area contributed by atoms with Crippen LogP contribution in [0.15, 0.2) is 11.1 Å². The fourth-order valence-corrected chi connectivity index (χ4v) is 1.99. The summed E-state index contributed by atoms with van der Waals surface area (Å²) in [4.78, 5) is 19.9. The van der Waals surface area contributed by atoms with Gasteiger partial charge in [-0.2, -0.15) is 4.98 Å². The standard InChI is InChI=1S/C12H20N4O4/c1-12(2,3)15-10-13-6-16(11(19)14-10)9-4-7(18)8(5-17)20-9/h6-9,17-18H,4-5H2,1-3H3,(H,14,15,19)/t7-,8+,9+/m0/s1.